The maximum absolute atomic E-state index is 13.4. The molecular weight excluding hydrogens is 269 g/mol. The molecule has 1 atom stereocenters. The third kappa shape index (κ3) is 3.66. The van der Waals surface area contributed by atoms with Crippen molar-refractivity contribution in [3.63, 3.8) is 0 Å². The van der Waals surface area contributed by atoms with Crippen molar-refractivity contribution in [2.75, 3.05) is 19.5 Å². The first-order valence-electron chi connectivity index (χ1n) is 6.92. The Hall–Kier alpha value is -2.23. The lowest BCUT2D eigenvalue weighted by molar-refractivity contribution is 0.395. The highest BCUT2D eigenvalue weighted by molar-refractivity contribution is 5.60. The standard InChI is InChI=1S/C17H20FNO2/c1-4-15(12-6-5-7-13(18)10-12)19-16-9-8-14(20-2)11-17(16)21-3/h5-11,15,19H,4H2,1-3H3. The fourth-order valence-electron chi connectivity index (χ4n) is 2.25. The normalized spacial score (nSPS) is 11.8. The lowest BCUT2D eigenvalue weighted by Crippen LogP contribution is -2.10. The number of ether oxygens (including phenoxy) is 2. The summed E-state index contributed by atoms with van der Waals surface area (Å²) >= 11 is 0. The van der Waals surface area contributed by atoms with Crippen LogP contribution in [0.5, 0.6) is 11.5 Å². The van der Waals surface area contributed by atoms with Gasteiger partial charge in [-0.2, -0.15) is 0 Å². The second kappa shape index (κ2) is 6.97. The summed E-state index contributed by atoms with van der Waals surface area (Å²) in [5, 5.41) is 3.40. The van der Waals surface area contributed by atoms with Crippen molar-refractivity contribution in [1.29, 1.82) is 0 Å². The summed E-state index contributed by atoms with van der Waals surface area (Å²) in [7, 11) is 3.23. The van der Waals surface area contributed by atoms with Gasteiger partial charge in [-0.1, -0.05) is 19.1 Å². The van der Waals surface area contributed by atoms with Gasteiger partial charge in [-0.15, -0.1) is 0 Å². The summed E-state index contributed by atoms with van der Waals surface area (Å²) in [5.41, 5.74) is 1.77. The monoisotopic (exact) mass is 289 g/mol. The average molecular weight is 289 g/mol. The second-order valence-electron chi connectivity index (χ2n) is 4.73. The fourth-order valence-corrected chi connectivity index (χ4v) is 2.25. The van der Waals surface area contributed by atoms with Crippen LogP contribution in [0.15, 0.2) is 42.5 Å². The van der Waals surface area contributed by atoms with E-state index in [9.17, 15) is 4.39 Å². The minimum atomic E-state index is -0.227. The fraction of sp³-hybridized carbons (Fsp3) is 0.294. The van der Waals surface area contributed by atoms with Crippen LogP contribution in [0.1, 0.15) is 24.9 Å². The van der Waals surface area contributed by atoms with Crippen molar-refractivity contribution < 1.29 is 13.9 Å². The molecule has 0 bridgehead atoms. The molecule has 0 radical (unpaired) electrons. The Morgan fingerprint density at radius 1 is 1.10 bits per heavy atom. The molecule has 0 aromatic heterocycles. The van der Waals surface area contributed by atoms with Gasteiger partial charge in [0.1, 0.15) is 17.3 Å². The van der Waals surface area contributed by atoms with Gasteiger partial charge in [0.05, 0.1) is 25.9 Å². The summed E-state index contributed by atoms with van der Waals surface area (Å²) in [4.78, 5) is 0. The predicted octanol–water partition coefficient (Wildman–Crippen LogP) is 4.41. The van der Waals surface area contributed by atoms with Gasteiger partial charge in [0.15, 0.2) is 0 Å². The maximum atomic E-state index is 13.4. The third-order valence-corrected chi connectivity index (χ3v) is 3.40. The van der Waals surface area contributed by atoms with E-state index >= 15 is 0 Å². The minimum absolute atomic E-state index is 0.0167. The molecule has 0 saturated heterocycles. The Bertz CT molecular complexity index is 601. The van der Waals surface area contributed by atoms with Crippen molar-refractivity contribution in [1.82, 2.24) is 0 Å². The van der Waals surface area contributed by atoms with Crippen LogP contribution < -0.4 is 14.8 Å². The first-order valence-corrected chi connectivity index (χ1v) is 6.92. The largest absolute Gasteiger partial charge is 0.497 e. The van der Waals surface area contributed by atoms with Crippen LogP contribution in [0.3, 0.4) is 0 Å². The summed E-state index contributed by atoms with van der Waals surface area (Å²) in [5.74, 6) is 1.20. The molecule has 0 saturated carbocycles. The molecule has 0 amide bonds. The molecule has 4 heteroatoms. The first-order chi connectivity index (χ1) is 10.2. The molecule has 2 rings (SSSR count). The first kappa shape index (κ1) is 15.2. The molecule has 1 N–H and O–H groups in total. The molecule has 21 heavy (non-hydrogen) atoms. The quantitative estimate of drug-likeness (QED) is 0.854. The highest BCUT2D eigenvalue weighted by Crippen LogP contribution is 2.32. The van der Waals surface area contributed by atoms with Crippen LogP contribution in [-0.4, -0.2) is 14.2 Å². The number of benzene rings is 2. The van der Waals surface area contributed by atoms with E-state index in [2.05, 4.69) is 12.2 Å². The number of hydrogen-bond acceptors (Lipinski definition) is 3. The molecule has 0 aliphatic carbocycles. The molecule has 0 fully saturated rings. The SMILES string of the molecule is CCC(Nc1ccc(OC)cc1OC)c1cccc(F)c1. The van der Waals surface area contributed by atoms with Gasteiger partial charge in [0, 0.05) is 6.07 Å². The summed E-state index contributed by atoms with van der Waals surface area (Å²) in [6.45, 7) is 2.05. The summed E-state index contributed by atoms with van der Waals surface area (Å²) in [6.07, 6.45) is 0.832. The second-order valence-corrected chi connectivity index (χ2v) is 4.73. The van der Waals surface area contributed by atoms with Gasteiger partial charge in [-0.3, -0.25) is 0 Å². The maximum Gasteiger partial charge on any atom is 0.145 e. The van der Waals surface area contributed by atoms with Gasteiger partial charge in [0.2, 0.25) is 0 Å². The van der Waals surface area contributed by atoms with Gasteiger partial charge in [-0.25, -0.2) is 4.39 Å². The number of nitrogens with one attached hydrogen (secondary N) is 1. The topological polar surface area (TPSA) is 30.5 Å². The zero-order valence-corrected chi connectivity index (χ0v) is 12.5. The van der Waals surface area contributed by atoms with Crippen LogP contribution >= 0.6 is 0 Å². The number of methoxy groups -OCH3 is 2. The molecule has 2 aromatic rings. The zero-order valence-electron chi connectivity index (χ0n) is 12.5. The van der Waals surface area contributed by atoms with E-state index < -0.39 is 0 Å². The van der Waals surface area contributed by atoms with Gasteiger partial charge < -0.3 is 14.8 Å². The van der Waals surface area contributed by atoms with Crippen LogP contribution in [-0.2, 0) is 0 Å². The number of anilines is 1. The molecule has 112 valence electrons. The molecule has 2 aromatic carbocycles. The molecule has 1 unspecified atom stereocenters. The minimum Gasteiger partial charge on any atom is -0.497 e. The van der Waals surface area contributed by atoms with E-state index in [0.717, 1.165) is 23.4 Å². The Labute approximate surface area is 124 Å². The van der Waals surface area contributed by atoms with Gasteiger partial charge in [-0.05, 0) is 36.2 Å². The van der Waals surface area contributed by atoms with Crippen molar-refractivity contribution in [3.05, 3.63) is 53.8 Å². The number of halogens is 1. The zero-order chi connectivity index (χ0) is 15.2. The van der Waals surface area contributed by atoms with E-state index in [1.165, 1.54) is 6.07 Å². The van der Waals surface area contributed by atoms with E-state index in [0.29, 0.717) is 5.75 Å². The van der Waals surface area contributed by atoms with Crippen molar-refractivity contribution in [2.24, 2.45) is 0 Å². The molecule has 0 spiro atoms. The van der Waals surface area contributed by atoms with Gasteiger partial charge in [0.25, 0.3) is 0 Å². The van der Waals surface area contributed by atoms with Crippen LogP contribution in [0.2, 0.25) is 0 Å². The molecular formula is C17H20FNO2. The summed E-state index contributed by atoms with van der Waals surface area (Å²) in [6, 6.07) is 12.2. The highest BCUT2D eigenvalue weighted by Gasteiger charge is 2.13. The Balaban J connectivity index is 2.26. The number of hydrogen-bond donors (Lipinski definition) is 1. The van der Waals surface area contributed by atoms with E-state index in [1.807, 2.05) is 24.3 Å². The summed E-state index contributed by atoms with van der Waals surface area (Å²) < 4.78 is 23.9. The Morgan fingerprint density at radius 2 is 1.90 bits per heavy atom. The Kier molecular flexibility index (Phi) is 5.04. The lowest BCUT2D eigenvalue weighted by atomic mass is 10.0. The molecule has 0 aliphatic rings. The average Bonchev–Trinajstić information content (AvgIpc) is 2.52. The molecule has 3 nitrogen and oxygen atoms in total. The predicted molar refractivity (Wildman–Crippen MR) is 82.6 cm³/mol. The van der Waals surface area contributed by atoms with E-state index in [4.69, 9.17) is 9.47 Å². The smallest absolute Gasteiger partial charge is 0.145 e. The van der Waals surface area contributed by atoms with Gasteiger partial charge >= 0.3 is 0 Å². The van der Waals surface area contributed by atoms with Crippen LogP contribution in [0.4, 0.5) is 10.1 Å². The number of rotatable bonds is 6. The molecule has 0 aliphatic heterocycles. The lowest BCUT2D eigenvalue weighted by Gasteiger charge is -2.21. The van der Waals surface area contributed by atoms with E-state index in [-0.39, 0.29) is 11.9 Å². The van der Waals surface area contributed by atoms with Crippen molar-refractivity contribution in [3.8, 4) is 11.5 Å². The third-order valence-electron chi connectivity index (χ3n) is 3.40. The highest BCUT2D eigenvalue weighted by atomic mass is 19.1. The van der Waals surface area contributed by atoms with Crippen molar-refractivity contribution in [2.45, 2.75) is 19.4 Å². The van der Waals surface area contributed by atoms with Crippen LogP contribution in [0, 0.1) is 5.82 Å². The Morgan fingerprint density at radius 3 is 2.52 bits per heavy atom. The molecule has 0 heterocycles. The van der Waals surface area contributed by atoms with E-state index in [1.54, 1.807) is 26.4 Å². The van der Waals surface area contributed by atoms with Crippen LogP contribution in [0.25, 0.3) is 0 Å². The van der Waals surface area contributed by atoms with Crippen molar-refractivity contribution >= 4 is 5.69 Å².